The molecule has 1 heterocycles. The molecule has 0 aliphatic heterocycles. The molecule has 1 N–H and O–H groups in total. The van der Waals surface area contributed by atoms with E-state index in [9.17, 15) is 25.3 Å². The summed E-state index contributed by atoms with van der Waals surface area (Å²) in [5.74, 6) is -0.654. The van der Waals surface area contributed by atoms with E-state index in [1.54, 1.807) is 0 Å². The van der Waals surface area contributed by atoms with Crippen LogP contribution in [0.4, 0.5) is 11.4 Å². The summed E-state index contributed by atoms with van der Waals surface area (Å²) >= 11 is 0. The number of aromatic nitrogens is 1. The van der Waals surface area contributed by atoms with Gasteiger partial charge in [0, 0.05) is 6.20 Å². The van der Waals surface area contributed by atoms with Gasteiger partial charge in [-0.2, -0.15) is 0 Å². The summed E-state index contributed by atoms with van der Waals surface area (Å²) < 4.78 is 0. The predicted octanol–water partition coefficient (Wildman–Crippen LogP) is 2.07. The molecule has 2 rings (SSSR count). The molecule has 8 nitrogen and oxygen atoms in total. The third-order valence-corrected chi connectivity index (χ3v) is 2.59. The van der Waals surface area contributed by atoms with Crippen LogP contribution in [0.5, 0.6) is 5.75 Å². The van der Waals surface area contributed by atoms with Crippen molar-refractivity contribution >= 4 is 22.3 Å². The Bertz CT molecular complexity index is 683. The number of benzene rings is 1. The summed E-state index contributed by atoms with van der Waals surface area (Å²) in [5, 5.41) is 31.7. The summed E-state index contributed by atoms with van der Waals surface area (Å²) in [6.07, 6.45) is 1.30. The largest absolute Gasteiger partial charge is 0.501 e. The number of nitrogens with zero attached hydrogens (tertiary/aromatic N) is 3. The molecule has 0 radical (unpaired) electrons. The van der Waals surface area contributed by atoms with Crippen LogP contribution >= 0.6 is 0 Å². The molecule has 0 saturated heterocycles. The predicted molar refractivity (Wildman–Crippen MR) is 61.5 cm³/mol. The van der Waals surface area contributed by atoms with E-state index in [0.717, 1.165) is 0 Å². The molecule has 0 atom stereocenters. The number of nitro benzene ring substituents is 2. The second-order valence-corrected chi connectivity index (χ2v) is 3.58. The third kappa shape index (κ3) is 1.51. The molecule has 0 fully saturated rings. The van der Waals surface area contributed by atoms with E-state index in [-0.39, 0.29) is 16.5 Å². The van der Waals surface area contributed by atoms with Crippen molar-refractivity contribution in [3.8, 4) is 5.75 Å². The van der Waals surface area contributed by atoms with Gasteiger partial charge in [-0.1, -0.05) is 0 Å². The molecule has 0 spiro atoms. The van der Waals surface area contributed by atoms with E-state index >= 15 is 0 Å². The zero-order valence-corrected chi connectivity index (χ0v) is 9.15. The molecular weight excluding hydrogens is 242 g/mol. The maximum Gasteiger partial charge on any atom is 0.322 e. The first kappa shape index (κ1) is 11.7. The van der Waals surface area contributed by atoms with Gasteiger partial charge < -0.3 is 5.11 Å². The average Bonchev–Trinajstić information content (AvgIpc) is 2.28. The highest BCUT2D eigenvalue weighted by atomic mass is 16.6. The van der Waals surface area contributed by atoms with E-state index < -0.39 is 27.0 Å². The molecule has 2 aromatic rings. The molecule has 1 aromatic carbocycles. The van der Waals surface area contributed by atoms with Gasteiger partial charge in [0.15, 0.2) is 0 Å². The Balaban J connectivity index is 3.06. The van der Waals surface area contributed by atoms with Crippen LogP contribution in [0, 0.1) is 27.2 Å². The number of fused-ring (bicyclic) bond motifs is 1. The van der Waals surface area contributed by atoms with Gasteiger partial charge in [-0.15, -0.1) is 0 Å². The second kappa shape index (κ2) is 3.91. The number of hydrogen-bond donors (Lipinski definition) is 1. The van der Waals surface area contributed by atoms with Crippen LogP contribution in [-0.4, -0.2) is 19.9 Å². The SMILES string of the molecule is Cc1c([N+](=O)[O-])c(O)c2ncccc2c1[N+](=O)[O-]. The second-order valence-electron chi connectivity index (χ2n) is 3.58. The summed E-state index contributed by atoms with van der Waals surface area (Å²) in [5.41, 5.74) is -1.44. The molecule has 8 heteroatoms. The van der Waals surface area contributed by atoms with Crippen LogP contribution < -0.4 is 0 Å². The van der Waals surface area contributed by atoms with Gasteiger partial charge in [0.05, 0.1) is 15.2 Å². The molecule has 92 valence electrons. The lowest BCUT2D eigenvalue weighted by molar-refractivity contribution is -0.394. The number of rotatable bonds is 2. The van der Waals surface area contributed by atoms with Crippen molar-refractivity contribution in [1.29, 1.82) is 0 Å². The monoisotopic (exact) mass is 249 g/mol. The standard InChI is InChI=1S/C10H7N3O5/c1-5-8(12(15)16)6-3-2-4-11-7(6)10(14)9(5)13(17)18/h2-4,14H,1H3. The molecule has 0 amide bonds. The summed E-state index contributed by atoms with van der Waals surface area (Å²) in [7, 11) is 0. The molecule has 0 unspecified atom stereocenters. The highest BCUT2D eigenvalue weighted by Crippen LogP contribution is 2.42. The number of phenolic OH excluding ortho intramolecular Hbond substituents is 1. The Labute approximate surface area is 99.8 Å². The first-order valence-electron chi connectivity index (χ1n) is 4.84. The van der Waals surface area contributed by atoms with Crippen molar-refractivity contribution in [3.63, 3.8) is 0 Å². The molecule has 0 bridgehead atoms. The number of hydrogen-bond acceptors (Lipinski definition) is 6. The van der Waals surface area contributed by atoms with Crippen LogP contribution in [-0.2, 0) is 0 Å². The van der Waals surface area contributed by atoms with Crippen LogP contribution in [0.3, 0.4) is 0 Å². The lowest BCUT2D eigenvalue weighted by atomic mass is 10.1. The minimum Gasteiger partial charge on any atom is -0.501 e. The Morgan fingerprint density at radius 2 is 1.83 bits per heavy atom. The van der Waals surface area contributed by atoms with E-state index in [2.05, 4.69) is 4.98 Å². The van der Waals surface area contributed by atoms with Crippen LogP contribution in [0.1, 0.15) is 5.56 Å². The quantitative estimate of drug-likeness (QED) is 0.642. The lowest BCUT2D eigenvalue weighted by Gasteiger charge is -2.05. The molecule has 0 aliphatic carbocycles. The summed E-state index contributed by atoms with van der Waals surface area (Å²) in [6.45, 7) is 1.22. The van der Waals surface area contributed by atoms with Crippen molar-refractivity contribution in [2.45, 2.75) is 6.92 Å². The van der Waals surface area contributed by atoms with Gasteiger partial charge in [-0.05, 0) is 19.1 Å². The third-order valence-electron chi connectivity index (χ3n) is 2.59. The molecule has 0 saturated carbocycles. The number of phenols is 1. The highest BCUT2D eigenvalue weighted by molar-refractivity contribution is 5.97. The summed E-state index contributed by atoms with van der Waals surface area (Å²) in [6, 6.07) is 2.84. The summed E-state index contributed by atoms with van der Waals surface area (Å²) in [4.78, 5) is 24.0. The highest BCUT2D eigenvalue weighted by Gasteiger charge is 2.31. The first-order valence-corrected chi connectivity index (χ1v) is 4.84. The fourth-order valence-corrected chi connectivity index (χ4v) is 1.85. The molecule has 0 aliphatic rings. The van der Waals surface area contributed by atoms with Crippen molar-refractivity contribution in [2.75, 3.05) is 0 Å². The van der Waals surface area contributed by atoms with Crippen molar-refractivity contribution in [3.05, 3.63) is 44.1 Å². The van der Waals surface area contributed by atoms with E-state index in [1.165, 1.54) is 25.3 Å². The zero-order valence-electron chi connectivity index (χ0n) is 9.15. The number of aromatic hydroxyl groups is 1. The Hall–Kier alpha value is -2.77. The van der Waals surface area contributed by atoms with Crippen LogP contribution in [0.2, 0.25) is 0 Å². The van der Waals surface area contributed by atoms with E-state index in [4.69, 9.17) is 0 Å². The van der Waals surface area contributed by atoms with Gasteiger partial charge in [-0.25, -0.2) is 0 Å². The van der Waals surface area contributed by atoms with E-state index in [0.29, 0.717) is 0 Å². The van der Waals surface area contributed by atoms with Crippen LogP contribution in [0.15, 0.2) is 18.3 Å². The minimum atomic E-state index is -0.855. The topological polar surface area (TPSA) is 119 Å². The van der Waals surface area contributed by atoms with Crippen molar-refractivity contribution in [1.82, 2.24) is 4.98 Å². The van der Waals surface area contributed by atoms with Crippen molar-refractivity contribution < 1.29 is 15.0 Å². The zero-order chi connectivity index (χ0) is 13.4. The fourth-order valence-electron chi connectivity index (χ4n) is 1.85. The molecule has 1 aromatic heterocycles. The van der Waals surface area contributed by atoms with Gasteiger partial charge in [-0.3, -0.25) is 25.2 Å². The smallest absolute Gasteiger partial charge is 0.322 e. The Morgan fingerprint density at radius 1 is 1.22 bits per heavy atom. The minimum absolute atomic E-state index is 0.0723. The fraction of sp³-hybridized carbons (Fsp3) is 0.100. The van der Waals surface area contributed by atoms with Gasteiger partial charge >= 0.3 is 5.69 Å². The van der Waals surface area contributed by atoms with Gasteiger partial charge in [0.2, 0.25) is 5.75 Å². The van der Waals surface area contributed by atoms with Crippen molar-refractivity contribution in [2.24, 2.45) is 0 Å². The Morgan fingerprint density at radius 3 is 2.39 bits per heavy atom. The Kier molecular flexibility index (Phi) is 2.55. The maximum atomic E-state index is 11.0. The van der Waals surface area contributed by atoms with E-state index in [1.807, 2.05) is 0 Å². The van der Waals surface area contributed by atoms with Gasteiger partial charge in [0.1, 0.15) is 11.1 Å². The first-order chi connectivity index (χ1) is 8.45. The normalized spacial score (nSPS) is 10.5. The number of nitro groups is 2. The molecule has 18 heavy (non-hydrogen) atoms. The van der Waals surface area contributed by atoms with Gasteiger partial charge in [0.25, 0.3) is 5.69 Å². The average molecular weight is 249 g/mol. The van der Waals surface area contributed by atoms with Crippen LogP contribution in [0.25, 0.3) is 10.9 Å². The maximum absolute atomic E-state index is 11.0. The lowest BCUT2D eigenvalue weighted by Crippen LogP contribution is -2.00. The molecular formula is C10H7N3O5. The number of pyridine rings is 1.